The average Bonchev–Trinajstić information content (AvgIpc) is 2.28. The number of hydrogen-bond donors (Lipinski definition) is 2. The van der Waals surface area contributed by atoms with E-state index in [1.165, 1.54) is 0 Å². The maximum Gasteiger partial charge on any atom is 0.126 e. The molecule has 0 aliphatic rings. The Morgan fingerprint density at radius 2 is 2.29 bits per heavy atom. The highest BCUT2D eigenvalue weighted by molar-refractivity contribution is 7.84. The number of nitrogens with one attached hydrogen (secondary N) is 1. The molecule has 0 bridgehead atoms. The number of aromatic nitrogens is 1. The van der Waals surface area contributed by atoms with Gasteiger partial charge < -0.3 is 11.1 Å². The summed E-state index contributed by atoms with van der Waals surface area (Å²) in [6.45, 7) is 4.43. The lowest BCUT2D eigenvalue weighted by Gasteiger charge is -2.08. The Morgan fingerprint density at radius 3 is 2.88 bits per heavy atom. The minimum absolute atomic E-state index is 0.357. The van der Waals surface area contributed by atoms with Crippen LogP contribution in [0.2, 0.25) is 0 Å². The summed E-state index contributed by atoms with van der Waals surface area (Å²) >= 11 is 4.93. The van der Waals surface area contributed by atoms with Gasteiger partial charge in [0.25, 0.3) is 0 Å². The molecule has 6 heteroatoms. The molecular formula is C11H17N3OS2. The molecular weight excluding hydrogens is 254 g/mol. The fourth-order valence-electron chi connectivity index (χ4n) is 1.34. The van der Waals surface area contributed by atoms with Crippen LogP contribution in [-0.2, 0) is 10.8 Å². The van der Waals surface area contributed by atoms with Crippen LogP contribution in [0.15, 0.2) is 12.1 Å². The van der Waals surface area contributed by atoms with Crippen molar-refractivity contribution in [2.24, 2.45) is 5.73 Å². The molecule has 1 atom stereocenters. The number of aryl methyl sites for hydroxylation is 1. The molecule has 0 saturated heterocycles. The summed E-state index contributed by atoms with van der Waals surface area (Å²) in [4.78, 5) is 4.67. The number of anilines is 1. The first-order chi connectivity index (χ1) is 8.02. The highest BCUT2D eigenvalue weighted by Gasteiger charge is 2.02. The van der Waals surface area contributed by atoms with E-state index in [-0.39, 0.29) is 0 Å². The zero-order valence-electron chi connectivity index (χ0n) is 10.0. The summed E-state index contributed by atoms with van der Waals surface area (Å²) in [6.07, 6.45) is 0. The van der Waals surface area contributed by atoms with E-state index >= 15 is 0 Å². The molecule has 1 aromatic heterocycles. The molecule has 3 N–H and O–H groups in total. The third-order valence-electron chi connectivity index (χ3n) is 2.20. The van der Waals surface area contributed by atoms with E-state index in [9.17, 15) is 4.21 Å². The van der Waals surface area contributed by atoms with Crippen LogP contribution in [0.3, 0.4) is 0 Å². The van der Waals surface area contributed by atoms with Crippen LogP contribution in [0.4, 0.5) is 5.82 Å². The van der Waals surface area contributed by atoms with Crippen LogP contribution in [0.1, 0.15) is 18.2 Å². The smallest absolute Gasteiger partial charge is 0.126 e. The van der Waals surface area contributed by atoms with Gasteiger partial charge in [-0.1, -0.05) is 19.1 Å². The maximum absolute atomic E-state index is 11.3. The van der Waals surface area contributed by atoms with Crippen molar-refractivity contribution in [3.63, 3.8) is 0 Å². The Labute approximate surface area is 109 Å². The minimum Gasteiger partial charge on any atom is -0.389 e. The van der Waals surface area contributed by atoms with Gasteiger partial charge in [0.1, 0.15) is 10.8 Å². The van der Waals surface area contributed by atoms with E-state index in [0.717, 1.165) is 17.1 Å². The van der Waals surface area contributed by atoms with E-state index in [2.05, 4.69) is 10.3 Å². The van der Waals surface area contributed by atoms with Gasteiger partial charge in [-0.05, 0) is 19.1 Å². The number of nitrogens with zero attached hydrogens (tertiary/aromatic N) is 1. The molecule has 0 radical (unpaired) electrons. The van der Waals surface area contributed by atoms with E-state index in [1.807, 2.05) is 26.0 Å². The van der Waals surface area contributed by atoms with Crippen molar-refractivity contribution >= 4 is 33.8 Å². The SMILES string of the molecule is CCS(=O)CCNc1cc(C(N)=S)cc(C)n1. The zero-order valence-corrected chi connectivity index (χ0v) is 11.7. The summed E-state index contributed by atoms with van der Waals surface area (Å²) in [5.74, 6) is 2.02. The Bertz CT molecular complexity index is 435. The Kier molecular flexibility index (Phi) is 5.50. The van der Waals surface area contributed by atoms with Crippen molar-refractivity contribution in [3.05, 3.63) is 23.4 Å². The van der Waals surface area contributed by atoms with Gasteiger partial charge in [-0.25, -0.2) is 4.98 Å². The molecule has 1 heterocycles. The van der Waals surface area contributed by atoms with Crippen molar-refractivity contribution in [1.82, 2.24) is 4.98 Å². The molecule has 0 aliphatic carbocycles. The van der Waals surface area contributed by atoms with Crippen molar-refractivity contribution < 1.29 is 4.21 Å². The summed E-state index contributed by atoms with van der Waals surface area (Å²) in [7, 11) is -0.761. The highest BCUT2D eigenvalue weighted by Crippen LogP contribution is 2.09. The number of hydrogen-bond acceptors (Lipinski definition) is 4. The second-order valence-corrected chi connectivity index (χ2v) is 5.91. The lowest BCUT2D eigenvalue weighted by molar-refractivity contribution is 0.684. The van der Waals surface area contributed by atoms with Crippen LogP contribution < -0.4 is 11.1 Å². The van der Waals surface area contributed by atoms with Gasteiger partial charge in [0.2, 0.25) is 0 Å². The van der Waals surface area contributed by atoms with Crippen LogP contribution >= 0.6 is 12.2 Å². The highest BCUT2D eigenvalue weighted by atomic mass is 32.2. The predicted molar refractivity (Wildman–Crippen MR) is 76.9 cm³/mol. The molecule has 0 saturated carbocycles. The fraction of sp³-hybridized carbons (Fsp3) is 0.455. The third-order valence-corrected chi connectivity index (χ3v) is 3.73. The van der Waals surface area contributed by atoms with Gasteiger partial charge in [0.05, 0.1) is 0 Å². The summed E-state index contributed by atoms with van der Waals surface area (Å²) in [6, 6.07) is 3.65. The molecule has 0 aromatic carbocycles. The van der Waals surface area contributed by atoms with Crippen molar-refractivity contribution in [2.75, 3.05) is 23.4 Å². The molecule has 1 unspecified atom stereocenters. The summed E-state index contributed by atoms with van der Waals surface area (Å²) in [5, 5.41) is 3.13. The fourth-order valence-corrected chi connectivity index (χ4v) is 2.07. The monoisotopic (exact) mass is 271 g/mol. The minimum atomic E-state index is -0.761. The first kappa shape index (κ1) is 14.1. The molecule has 0 aliphatic heterocycles. The van der Waals surface area contributed by atoms with Crippen molar-refractivity contribution in [3.8, 4) is 0 Å². The molecule has 0 amide bonds. The second kappa shape index (κ2) is 6.66. The lowest BCUT2D eigenvalue weighted by atomic mass is 10.2. The Hall–Kier alpha value is -1.01. The van der Waals surface area contributed by atoms with Crippen LogP contribution in [0.5, 0.6) is 0 Å². The summed E-state index contributed by atoms with van der Waals surface area (Å²) in [5.41, 5.74) is 7.23. The summed E-state index contributed by atoms with van der Waals surface area (Å²) < 4.78 is 11.3. The largest absolute Gasteiger partial charge is 0.389 e. The molecule has 4 nitrogen and oxygen atoms in total. The molecule has 0 spiro atoms. The maximum atomic E-state index is 11.3. The number of rotatable bonds is 6. The Morgan fingerprint density at radius 1 is 1.59 bits per heavy atom. The van der Waals surface area contributed by atoms with Gasteiger partial charge in [-0.2, -0.15) is 0 Å². The number of thiocarbonyl (C=S) groups is 1. The van der Waals surface area contributed by atoms with Gasteiger partial charge in [0, 0.05) is 40.1 Å². The van der Waals surface area contributed by atoms with Gasteiger partial charge in [-0.15, -0.1) is 0 Å². The molecule has 1 aromatic rings. The van der Waals surface area contributed by atoms with Crippen molar-refractivity contribution in [1.29, 1.82) is 0 Å². The second-order valence-electron chi connectivity index (χ2n) is 3.61. The topological polar surface area (TPSA) is 68.0 Å². The quantitative estimate of drug-likeness (QED) is 0.761. The Balaban J connectivity index is 2.65. The molecule has 1 rings (SSSR count). The van der Waals surface area contributed by atoms with Crippen molar-refractivity contribution in [2.45, 2.75) is 13.8 Å². The first-order valence-electron chi connectivity index (χ1n) is 5.40. The van der Waals surface area contributed by atoms with E-state index in [0.29, 0.717) is 23.0 Å². The molecule has 0 fully saturated rings. The van der Waals surface area contributed by atoms with E-state index < -0.39 is 10.8 Å². The van der Waals surface area contributed by atoms with E-state index in [4.69, 9.17) is 18.0 Å². The average molecular weight is 271 g/mol. The zero-order chi connectivity index (χ0) is 12.8. The lowest BCUT2D eigenvalue weighted by Crippen LogP contribution is -2.15. The molecule has 17 heavy (non-hydrogen) atoms. The van der Waals surface area contributed by atoms with E-state index in [1.54, 1.807) is 0 Å². The van der Waals surface area contributed by atoms with Crippen LogP contribution in [0, 0.1) is 6.92 Å². The third kappa shape index (κ3) is 4.79. The van der Waals surface area contributed by atoms with Crippen LogP contribution in [-0.4, -0.2) is 32.2 Å². The standard InChI is InChI=1S/C11H17N3OS2/c1-3-17(15)5-4-13-10-7-9(11(12)16)6-8(2)14-10/h6-7H,3-5H2,1-2H3,(H2,12,16)(H,13,14). The normalized spacial score (nSPS) is 12.1. The van der Waals surface area contributed by atoms with Gasteiger partial charge >= 0.3 is 0 Å². The molecule has 94 valence electrons. The van der Waals surface area contributed by atoms with Gasteiger partial charge in [0.15, 0.2) is 0 Å². The number of pyridine rings is 1. The first-order valence-corrected chi connectivity index (χ1v) is 7.30. The van der Waals surface area contributed by atoms with Gasteiger partial charge in [-0.3, -0.25) is 4.21 Å². The number of nitrogens with two attached hydrogens (primary N) is 1. The predicted octanol–water partition coefficient (Wildman–Crippen LogP) is 1.20. The van der Waals surface area contributed by atoms with Crippen LogP contribution in [0.25, 0.3) is 0 Å².